The Balaban J connectivity index is 1.58. The van der Waals surface area contributed by atoms with Crippen LogP contribution in [-0.2, 0) is 20.8 Å². The van der Waals surface area contributed by atoms with E-state index in [4.69, 9.17) is 0 Å². The predicted octanol–water partition coefficient (Wildman–Crippen LogP) is 5.85. The van der Waals surface area contributed by atoms with Crippen LogP contribution >= 0.6 is 0 Å². The van der Waals surface area contributed by atoms with E-state index in [-0.39, 0.29) is 17.2 Å². The van der Waals surface area contributed by atoms with Gasteiger partial charge in [0.2, 0.25) is 5.91 Å². The summed E-state index contributed by atoms with van der Waals surface area (Å²) in [7, 11) is -4.13. The van der Waals surface area contributed by atoms with Gasteiger partial charge in [-0.3, -0.25) is 4.79 Å². The Bertz CT molecular complexity index is 1320. The quantitative estimate of drug-likeness (QED) is 0.475. The minimum absolute atomic E-state index is 0.00197. The van der Waals surface area contributed by atoms with Crippen LogP contribution in [0.5, 0.6) is 0 Å². The molecule has 1 aliphatic rings. The number of alkyl halides is 3. The summed E-state index contributed by atoms with van der Waals surface area (Å²) in [6, 6.07) is 17.3. The number of benzene rings is 3. The van der Waals surface area contributed by atoms with Gasteiger partial charge in [0, 0.05) is 18.7 Å². The van der Waals surface area contributed by atoms with Gasteiger partial charge in [-0.05, 0) is 67.3 Å². The molecule has 0 aliphatic carbocycles. The Hall–Kier alpha value is -2.87. The number of hydrogen-bond donors (Lipinski definition) is 0. The minimum Gasteiger partial charge on any atom is -0.312 e. The number of carbonyl (C=O) groups is 1. The summed E-state index contributed by atoms with van der Waals surface area (Å²) in [4.78, 5) is 14.3. The third-order valence-corrected chi connectivity index (χ3v) is 9.21. The molecule has 4 nitrogen and oxygen atoms in total. The number of nitrogens with zero attached hydrogens (tertiary/aromatic N) is 1. The second-order valence-electron chi connectivity index (χ2n) is 8.90. The number of halogens is 3. The third-order valence-electron chi connectivity index (χ3n) is 6.62. The number of rotatable bonds is 4. The highest BCUT2D eigenvalue weighted by Gasteiger charge is 2.46. The predicted molar refractivity (Wildman–Crippen MR) is 122 cm³/mol. The molecule has 1 amide bonds. The van der Waals surface area contributed by atoms with E-state index in [1.54, 1.807) is 4.90 Å². The fraction of sp³-hybridized carbons (Fsp3) is 0.320. The summed E-state index contributed by atoms with van der Waals surface area (Å²) in [6.07, 6.45) is -4.22. The van der Waals surface area contributed by atoms with Crippen molar-refractivity contribution in [2.24, 2.45) is 5.92 Å². The van der Waals surface area contributed by atoms with E-state index in [2.05, 4.69) is 0 Å². The molecule has 0 aromatic heterocycles. The van der Waals surface area contributed by atoms with Crippen LogP contribution in [0, 0.1) is 5.92 Å². The van der Waals surface area contributed by atoms with Crippen LogP contribution in [0.15, 0.2) is 71.6 Å². The second kappa shape index (κ2) is 8.17. The Morgan fingerprint density at radius 2 is 1.61 bits per heavy atom. The molecule has 33 heavy (non-hydrogen) atoms. The molecule has 1 atom stereocenters. The molecule has 0 saturated carbocycles. The molecule has 8 heteroatoms. The Morgan fingerprint density at radius 1 is 0.909 bits per heavy atom. The standard InChI is InChI=1S/C25H24F3NO3S/c1-24(2,33(31,32)22-9-5-8-20(15-22)25(26,27)28)19-12-13-29(23(30)16-19)21-11-10-17-6-3-4-7-18(17)14-21/h3-11,14-15,19H,12-13,16H2,1-2H3. The van der Waals surface area contributed by atoms with Crippen molar-refractivity contribution in [2.75, 3.05) is 11.4 Å². The minimum atomic E-state index is -4.64. The first-order chi connectivity index (χ1) is 15.4. The molecule has 4 rings (SSSR count). The van der Waals surface area contributed by atoms with Crippen molar-refractivity contribution in [3.63, 3.8) is 0 Å². The monoisotopic (exact) mass is 475 g/mol. The van der Waals surface area contributed by atoms with Gasteiger partial charge in [-0.1, -0.05) is 36.4 Å². The summed E-state index contributed by atoms with van der Waals surface area (Å²) in [5.74, 6) is -0.727. The maximum Gasteiger partial charge on any atom is 0.416 e. The van der Waals surface area contributed by atoms with Crippen LogP contribution in [0.4, 0.5) is 18.9 Å². The number of hydrogen-bond acceptors (Lipinski definition) is 3. The Labute approximate surface area is 190 Å². The number of fused-ring (bicyclic) bond motifs is 1. The Morgan fingerprint density at radius 3 is 2.27 bits per heavy atom. The van der Waals surface area contributed by atoms with Crippen LogP contribution < -0.4 is 4.90 Å². The lowest BCUT2D eigenvalue weighted by molar-refractivity contribution is -0.137. The summed E-state index contributed by atoms with van der Waals surface area (Å²) < 4.78 is 64.6. The van der Waals surface area contributed by atoms with Crippen LogP contribution in [-0.4, -0.2) is 25.6 Å². The molecular weight excluding hydrogens is 451 g/mol. The van der Waals surface area contributed by atoms with Crippen molar-refractivity contribution in [2.45, 2.75) is 42.5 Å². The van der Waals surface area contributed by atoms with Crippen molar-refractivity contribution in [3.05, 3.63) is 72.3 Å². The van der Waals surface area contributed by atoms with E-state index in [1.165, 1.54) is 19.9 Å². The molecule has 1 aliphatic heterocycles. The van der Waals surface area contributed by atoms with Crippen molar-refractivity contribution in [3.8, 4) is 0 Å². The van der Waals surface area contributed by atoms with Gasteiger partial charge in [0.1, 0.15) is 0 Å². The average Bonchev–Trinajstić information content (AvgIpc) is 2.78. The van der Waals surface area contributed by atoms with Gasteiger partial charge >= 0.3 is 6.18 Å². The lowest BCUT2D eigenvalue weighted by atomic mass is 9.85. The molecule has 3 aromatic carbocycles. The zero-order valence-corrected chi connectivity index (χ0v) is 19.1. The van der Waals surface area contributed by atoms with Gasteiger partial charge in [0.05, 0.1) is 15.2 Å². The topological polar surface area (TPSA) is 54.5 Å². The molecule has 3 aromatic rings. The molecule has 1 fully saturated rings. The first-order valence-electron chi connectivity index (χ1n) is 10.6. The lowest BCUT2D eigenvalue weighted by Crippen LogP contribution is -2.48. The molecule has 0 bridgehead atoms. The number of carbonyl (C=O) groups excluding carboxylic acids is 1. The van der Waals surface area contributed by atoms with E-state index in [9.17, 15) is 26.4 Å². The molecule has 1 unspecified atom stereocenters. The van der Waals surface area contributed by atoms with Crippen molar-refractivity contribution >= 4 is 32.2 Å². The van der Waals surface area contributed by atoms with Gasteiger partial charge in [0.25, 0.3) is 0 Å². The molecule has 1 saturated heterocycles. The zero-order valence-electron chi connectivity index (χ0n) is 18.3. The van der Waals surface area contributed by atoms with Crippen LogP contribution in [0.3, 0.4) is 0 Å². The van der Waals surface area contributed by atoms with E-state index in [0.29, 0.717) is 19.0 Å². The number of anilines is 1. The van der Waals surface area contributed by atoms with Crippen molar-refractivity contribution in [1.29, 1.82) is 0 Å². The Kier molecular flexibility index (Phi) is 5.76. The number of piperidine rings is 1. The second-order valence-corrected chi connectivity index (χ2v) is 11.4. The molecule has 1 heterocycles. The summed E-state index contributed by atoms with van der Waals surface area (Å²) in [5.41, 5.74) is -0.266. The molecule has 0 N–H and O–H groups in total. The molecule has 174 valence electrons. The van der Waals surface area contributed by atoms with Crippen LogP contribution in [0.2, 0.25) is 0 Å². The maximum atomic E-state index is 13.3. The van der Waals surface area contributed by atoms with E-state index in [0.717, 1.165) is 28.6 Å². The fourth-order valence-corrected chi connectivity index (χ4v) is 6.19. The zero-order chi connectivity index (χ0) is 24.0. The van der Waals surface area contributed by atoms with Gasteiger partial charge in [0.15, 0.2) is 9.84 Å². The average molecular weight is 476 g/mol. The van der Waals surface area contributed by atoms with E-state index >= 15 is 0 Å². The lowest BCUT2D eigenvalue weighted by Gasteiger charge is -2.39. The third kappa shape index (κ3) is 4.24. The van der Waals surface area contributed by atoms with E-state index < -0.39 is 32.2 Å². The van der Waals surface area contributed by atoms with Crippen LogP contribution in [0.25, 0.3) is 10.8 Å². The first-order valence-corrected chi connectivity index (χ1v) is 12.1. The van der Waals surface area contributed by atoms with Gasteiger partial charge in [-0.15, -0.1) is 0 Å². The van der Waals surface area contributed by atoms with Gasteiger partial charge in [-0.25, -0.2) is 8.42 Å². The highest BCUT2D eigenvalue weighted by atomic mass is 32.2. The van der Waals surface area contributed by atoms with E-state index in [1.807, 2.05) is 42.5 Å². The highest BCUT2D eigenvalue weighted by Crippen LogP contribution is 2.40. The SMILES string of the molecule is CC(C)(C1CCN(c2ccc3ccccc3c2)C(=O)C1)S(=O)(=O)c1cccc(C(F)(F)F)c1. The van der Waals surface area contributed by atoms with Crippen molar-refractivity contribution in [1.82, 2.24) is 0 Å². The molecule has 0 spiro atoms. The van der Waals surface area contributed by atoms with Gasteiger partial charge in [-0.2, -0.15) is 13.2 Å². The summed E-state index contributed by atoms with van der Waals surface area (Å²) in [6.45, 7) is 3.32. The molecular formula is C25H24F3NO3S. The normalized spacial score (nSPS) is 18.0. The van der Waals surface area contributed by atoms with Gasteiger partial charge < -0.3 is 4.90 Å². The fourth-order valence-electron chi connectivity index (χ4n) is 4.41. The number of amides is 1. The smallest absolute Gasteiger partial charge is 0.312 e. The molecule has 0 radical (unpaired) electrons. The van der Waals surface area contributed by atoms with Crippen LogP contribution in [0.1, 0.15) is 32.3 Å². The summed E-state index contributed by atoms with van der Waals surface area (Å²) >= 11 is 0. The number of sulfone groups is 1. The first kappa shape index (κ1) is 23.3. The highest BCUT2D eigenvalue weighted by molar-refractivity contribution is 7.92. The largest absolute Gasteiger partial charge is 0.416 e. The summed E-state index contributed by atoms with van der Waals surface area (Å²) in [5, 5.41) is 2.05. The maximum absolute atomic E-state index is 13.3. The van der Waals surface area contributed by atoms with Crippen molar-refractivity contribution < 1.29 is 26.4 Å².